The zero-order valence-corrected chi connectivity index (χ0v) is 14.7. The van der Waals surface area contributed by atoms with Gasteiger partial charge in [-0.05, 0) is 61.5 Å². The number of fused-ring (bicyclic) bond motifs is 1. The Morgan fingerprint density at radius 2 is 2.23 bits per heavy atom. The van der Waals surface area contributed by atoms with E-state index in [0.29, 0.717) is 23.3 Å². The standard InChI is InChI=1S/C19H26NOP/c1-3-20-9-8-19-12-13(2)4-7-16(19)18(20)10-14-5-6-15(21-22)11-17(14)19/h4-7,11,13,16,18H,3,8-10,12,22H2,1-2H3/t13?,16?,18-,19+/m1/s1. The van der Waals surface area contributed by atoms with Gasteiger partial charge in [0, 0.05) is 17.4 Å². The predicted molar refractivity (Wildman–Crippen MR) is 94.2 cm³/mol. The molecule has 1 saturated heterocycles. The van der Waals surface area contributed by atoms with Crippen LogP contribution in [0.15, 0.2) is 30.4 Å². The van der Waals surface area contributed by atoms with Crippen LogP contribution < -0.4 is 4.52 Å². The molecule has 5 atom stereocenters. The number of allylic oxidation sites excluding steroid dienone is 1. The lowest BCUT2D eigenvalue weighted by Crippen LogP contribution is -2.60. The maximum Gasteiger partial charge on any atom is 0.122 e. The molecule has 3 aliphatic rings. The van der Waals surface area contributed by atoms with E-state index < -0.39 is 0 Å². The van der Waals surface area contributed by atoms with Crippen LogP contribution in [-0.2, 0) is 11.8 Å². The summed E-state index contributed by atoms with van der Waals surface area (Å²) in [5, 5.41) is 0. The number of likely N-dealkylation sites (tertiary alicyclic amines) is 1. The van der Waals surface area contributed by atoms with E-state index in [9.17, 15) is 0 Å². The number of nitrogens with zero attached hydrogens (tertiary/aromatic N) is 1. The van der Waals surface area contributed by atoms with Gasteiger partial charge in [0.25, 0.3) is 0 Å². The van der Waals surface area contributed by atoms with E-state index in [1.165, 1.54) is 32.4 Å². The van der Waals surface area contributed by atoms with Gasteiger partial charge in [0.05, 0.1) is 9.47 Å². The van der Waals surface area contributed by atoms with E-state index in [2.05, 4.69) is 58.6 Å². The van der Waals surface area contributed by atoms with E-state index in [-0.39, 0.29) is 0 Å². The fraction of sp³-hybridized carbons (Fsp3) is 0.579. The highest BCUT2D eigenvalue weighted by atomic mass is 31.0. The summed E-state index contributed by atoms with van der Waals surface area (Å²) in [6.45, 7) is 7.09. The summed E-state index contributed by atoms with van der Waals surface area (Å²) in [7, 11) is 2.39. The molecule has 0 N–H and O–H groups in total. The van der Waals surface area contributed by atoms with Gasteiger partial charge in [0.2, 0.25) is 0 Å². The first kappa shape index (κ1) is 14.7. The second-order valence-corrected chi connectivity index (χ2v) is 7.57. The third-order valence-corrected chi connectivity index (χ3v) is 6.56. The Morgan fingerprint density at radius 1 is 1.36 bits per heavy atom. The van der Waals surface area contributed by atoms with Crippen LogP contribution in [0.1, 0.15) is 37.8 Å². The lowest BCUT2D eigenvalue weighted by atomic mass is 9.53. The third-order valence-electron chi connectivity index (χ3n) is 6.29. The summed E-state index contributed by atoms with van der Waals surface area (Å²) in [6, 6.07) is 7.43. The molecule has 22 heavy (non-hydrogen) atoms. The van der Waals surface area contributed by atoms with Crippen molar-refractivity contribution in [2.24, 2.45) is 11.8 Å². The molecule has 1 heterocycles. The second-order valence-electron chi connectivity index (χ2n) is 7.34. The van der Waals surface area contributed by atoms with Crippen molar-refractivity contribution < 1.29 is 4.52 Å². The summed E-state index contributed by atoms with van der Waals surface area (Å²) < 4.78 is 5.45. The average molecular weight is 315 g/mol. The third kappa shape index (κ3) is 2.00. The number of piperidine rings is 1. The average Bonchev–Trinajstić information content (AvgIpc) is 2.54. The lowest BCUT2D eigenvalue weighted by molar-refractivity contribution is 0.0266. The zero-order valence-electron chi connectivity index (χ0n) is 13.6. The predicted octanol–water partition coefficient (Wildman–Crippen LogP) is 3.96. The Morgan fingerprint density at radius 3 is 3.00 bits per heavy atom. The van der Waals surface area contributed by atoms with Gasteiger partial charge < -0.3 is 4.52 Å². The van der Waals surface area contributed by atoms with Gasteiger partial charge in [0.15, 0.2) is 0 Å². The van der Waals surface area contributed by atoms with Gasteiger partial charge in [-0.3, -0.25) is 4.90 Å². The van der Waals surface area contributed by atoms with Crippen molar-refractivity contribution in [3.63, 3.8) is 0 Å². The first-order valence-corrected chi connectivity index (χ1v) is 9.07. The Kier molecular flexibility index (Phi) is 3.58. The molecule has 1 aromatic carbocycles. The van der Waals surface area contributed by atoms with Crippen molar-refractivity contribution in [1.82, 2.24) is 4.90 Å². The normalized spacial score (nSPS) is 36.6. The number of likely N-dealkylation sites (N-methyl/N-ethyl adjacent to an activating group) is 1. The fourth-order valence-corrected chi connectivity index (χ4v) is 5.49. The first-order valence-electron chi connectivity index (χ1n) is 8.60. The highest BCUT2D eigenvalue weighted by molar-refractivity contribution is 7.10. The maximum atomic E-state index is 5.45. The fourth-order valence-electron chi connectivity index (χ4n) is 5.34. The molecular weight excluding hydrogens is 289 g/mol. The highest BCUT2D eigenvalue weighted by Gasteiger charge is 2.53. The van der Waals surface area contributed by atoms with Crippen LogP contribution in [0.2, 0.25) is 0 Å². The molecule has 1 aromatic rings. The quantitative estimate of drug-likeness (QED) is 0.605. The SMILES string of the molecule is CCN1CC[C@]23CC(C)C=CC2[C@H]1Cc1ccc(OP)cc13. The van der Waals surface area contributed by atoms with E-state index in [4.69, 9.17) is 4.52 Å². The van der Waals surface area contributed by atoms with Crippen LogP contribution in [0, 0.1) is 11.8 Å². The molecule has 1 aliphatic heterocycles. The molecular formula is C19H26NOP. The van der Waals surface area contributed by atoms with Gasteiger partial charge in [-0.25, -0.2) is 0 Å². The molecule has 1 fully saturated rings. The summed E-state index contributed by atoms with van der Waals surface area (Å²) in [4.78, 5) is 2.70. The topological polar surface area (TPSA) is 12.5 Å². The summed E-state index contributed by atoms with van der Waals surface area (Å²) in [6.07, 6.45) is 8.75. The smallest absolute Gasteiger partial charge is 0.122 e. The number of benzene rings is 1. The van der Waals surface area contributed by atoms with Crippen molar-refractivity contribution in [2.75, 3.05) is 13.1 Å². The van der Waals surface area contributed by atoms with Crippen LogP contribution in [-0.4, -0.2) is 24.0 Å². The molecule has 3 heteroatoms. The summed E-state index contributed by atoms with van der Waals surface area (Å²) >= 11 is 0. The van der Waals surface area contributed by atoms with Gasteiger partial charge in [0.1, 0.15) is 5.75 Å². The van der Waals surface area contributed by atoms with E-state index in [0.717, 1.165) is 5.75 Å². The highest BCUT2D eigenvalue weighted by Crippen LogP contribution is 2.55. The van der Waals surface area contributed by atoms with Crippen LogP contribution in [0.4, 0.5) is 0 Å². The minimum atomic E-state index is 0.331. The van der Waals surface area contributed by atoms with Crippen molar-refractivity contribution in [3.8, 4) is 5.75 Å². The monoisotopic (exact) mass is 315 g/mol. The molecule has 4 rings (SSSR count). The molecule has 0 saturated carbocycles. The molecule has 0 spiro atoms. The summed E-state index contributed by atoms with van der Waals surface area (Å²) in [5.41, 5.74) is 3.45. The largest absolute Gasteiger partial charge is 0.480 e. The van der Waals surface area contributed by atoms with E-state index in [1.54, 1.807) is 11.1 Å². The molecule has 0 amide bonds. The Bertz CT molecular complexity index is 613. The van der Waals surface area contributed by atoms with Crippen LogP contribution >= 0.6 is 9.47 Å². The van der Waals surface area contributed by atoms with Gasteiger partial charge in [-0.15, -0.1) is 0 Å². The Balaban J connectivity index is 1.89. The van der Waals surface area contributed by atoms with E-state index in [1.807, 2.05) is 0 Å². The van der Waals surface area contributed by atoms with Crippen molar-refractivity contribution in [2.45, 2.75) is 44.6 Å². The van der Waals surface area contributed by atoms with Crippen LogP contribution in [0.5, 0.6) is 5.75 Å². The lowest BCUT2D eigenvalue weighted by Gasteiger charge is -2.58. The Labute approximate surface area is 136 Å². The van der Waals surface area contributed by atoms with Crippen LogP contribution in [0.3, 0.4) is 0 Å². The van der Waals surface area contributed by atoms with Crippen molar-refractivity contribution in [1.29, 1.82) is 0 Å². The van der Waals surface area contributed by atoms with Crippen LogP contribution in [0.25, 0.3) is 0 Å². The van der Waals surface area contributed by atoms with Gasteiger partial charge in [-0.1, -0.05) is 32.1 Å². The molecule has 2 bridgehead atoms. The molecule has 0 radical (unpaired) electrons. The maximum absolute atomic E-state index is 5.45. The minimum Gasteiger partial charge on any atom is -0.480 e. The number of rotatable bonds is 2. The molecule has 0 aromatic heterocycles. The van der Waals surface area contributed by atoms with Gasteiger partial charge in [-0.2, -0.15) is 0 Å². The zero-order chi connectivity index (χ0) is 15.3. The second kappa shape index (κ2) is 5.35. The van der Waals surface area contributed by atoms with E-state index >= 15 is 0 Å². The first-order chi connectivity index (χ1) is 10.7. The minimum absolute atomic E-state index is 0.331. The summed E-state index contributed by atoms with van der Waals surface area (Å²) in [5.74, 6) is 2.33. The molecule has 118 valence electrons. The molecule has 2 nitrogen and oxygen atoms in total. The van der Waals surface area contributed by atoms with Gasteiger partial charge >= 0.3 is 0 Å². The number of hydrogen-bond acceptors (Lipinski definition) is 2. The Hall–Kier alpha value is -0.850. The number of hydrogen-bond donors (Lipinski definition) is 0. The molecule has 2 aliphatic carbocycles. The molecule has 3 unspecified atom stereocenters. The van der Waals surface area contributed by atoms with Crippen molar-refractivity contribution >= 4 is 9.47 Å². The van der Waals surface area contributed by atoms with Crippen molar-refractivity contribution in [3.05, 3.63) is 41.5 Å².